The van der Waals surface area contributed by atoms with E-state index in [1.165, 1.54) is 0 Å². The predicted molar refractivity (Wildman–Crippen MR) is 94.2 cm³/mol. The second-order valence-corrected chi connectivity index (χ2v) is 6.50. The van der Waals surface area contributed by atoms with Crippen LogP contribution in [0.2, 0.25) is 0 Å². The van der Waals surface area contributed by atoms with E-state index in [0.717, 1.165) is 11.3 Å². The number of H-pyrrole nitrogens is 1. The summed E-state index contributed by atoms with van der Waals surface area (Å²) in [7, 11) is 0. The highest BCUT2D eigenvalue weighted by molar-refractivity contribution is 7.99. The first-order valence-corrected chi connectivity index (χ1v) is 8.54. The molecule has 2 aromatic rings. The molecule has 0 aliphatic carbocycles. The monoisotopic (exact) mass is 331 g/mol. The summed E-state index contributed by atoms with van der Waals surface area (Å²) in [5, 5.41) is 9.70. The highest BCUT2D eigenvalue weighted by Crippen LogP contribution is 2.31. The van der Waals surface area contributed by atoms with Gasteiger partial charge in [0.15, 0.2) is 0 Å². The van der Waals surface area contributed by atoms with E-state index in [1.807, 2.05) is 43.5 Å². The van der Waals surface area contributed by atoms with Gasteiger partial charge in [0.2, 0.25) is 0 Å². The van der Waals surface area contributed by atoms with Crippen LogP contribution in [0.3, 0.4) is 0 Å². The molecule has 0 aliphatic heterocycles. The van der Waals surface area contributed by atoms with Crippen molar-refractivity contribution in [3.05, 3.63) is 59.7 Å². The molecule has 2 atom stereocenters. The molecule has 1 unspecified atom stereocenters. The van der Waals surface area contributed by atoms with Crippen LogP contribution >= 0.6 is 11.8 Å². The number of aryl methyl sites for hydroxylation is 1. The molecule has 5 nitrogen and oxygen atoms in total. The van der Waals surface area contributed by atoms with Crippen molar-refractivity contribution in [1.82, 2.24) is 9.97 Å². The first kappa shape index (κ1) is 17.3. The third-order valence-electron chi connectivity index (χ3n) is 3.83. The van der Waals surface area contributed by atoms with E-state index in [4.69, 9.17) is 5.73 Å². The molecule has 1 aromatic heterocycles. The van der Waals surface area contributed by atoms with Gasteiger partial charge in [-0.15, -0.1) is 0 Å². The SMILES string of the molecule is CSC(C=Cc1c[nH]cn1)C[C@](N)(C(=O)O)c1ccccc1C. The number of nitrogens with zero attached hydrogens (tertiary/aromatic N) is 1. The van der Waals surface area contributed by atoms with Crippen LogP contribution in [0.15, 0.2) is 42.9 Å². The van der Waals surface area contributed by atoms with E-state index in [2.05, 4.69) is 9.97 Å². The van der Waals surface area contributed by atoms with Gasteiger partial charge < -0.3 is 15.8 Å². The number of imidazole rings is 1. The normalized spacial score (nSPS) is 15.4. The van der Waals surface area contributed by atoms with Crippen molar-refractivity contribution in [3.63, 3.8) is 0 Å². The van der Waals surface area contributed by atoms with Gasteiger partial charge in [0.25, 0.3) is 0 Å². The number of rotatable bonds is 7. The van der Waals surface area contributed by atoms with Gasteiger partial charge in [0.05, 0.1) is 12.0 Å². The van der Waals surface area contributed by atoms with E-state index < -0.39 is 11.5 Å². The van der Waals surface area contributed by atoms with E-state index in [-0.39, 0.29) is 5.25 Å². The standard InChI is InChI=1S/C17H21N3O2S/c1-12-5-3-4-6-15(12)17(18,16(21)22)9-14(23-2)8-7-13-10-19-11-20-13/h3-8,10-11,14H,9,18H2,1-2H3,(H,19,20)(H,21,22)/t14?,17-/m1/s1. The van der Waals surface area contributed by atoms with Gasteiger partial charge in [-0.2, -0.15) is 11.8 Å². The maximum absolute atomic E-state index is 11.9. The topological polar surface area (TPSA) is 92.0 Å². The third kappa shape index (κ3) is 4.03. The van der Waals surface area contributed by atoms with Gasteiger partial charge in [-0.25, -0.2) is 9.78 Å². The zero-order valence-corrected chi connectivity index (χ0v) is 14.0. The zero-order valence-electron chi connectivity index (χ0n) is 13.2. The number of aromatic amines is 1. The minimum atomic E-state index is -1.42. The van der Waals surface area contributed by atoms with Gasteiger partial charge >= 0.3 is 5.97 Å². The molecule has 1 aromatic carbocycles. The van der Waals surface area contributed by atoms with Crippen molar-refractivity contribution in [3.8, 4) is 0 Å². The fourth-order valence-electron chi connectivity index (χ4n) is 2.50. The molecule has 6 heteroatoms. The lowest BCUT2D eigenvalue weighted by Crippen LogP contribution is -2.47. The number of carboxylic acid groups (broad SMARTS) is 1. The van der Waals surface area contributed by atoms with Crippen molar-refractivity contribution in [1.29, 1.82) is 0 Å². The first-order valence-electron chi connectivity index (χ1n) is 7.25. The van der Waals surface area contributed by atoms with Crippen LogP contribution in [0.1, 0.15) is 23.2 Å². The average Bonchev–Trinajstić information content (AvgIpc) is 3.04. The molecule has 4 N–H and O–H groups in total. The summed E-state index contributed by atoms with van der Waals surface area (Å²) in [6.45, 7) is 1.88. The van der Waals surface area contributed by atoms with Gasteiger partial charge in [-0.1, -0.05) is 30.3 Å². The number of carboxylic acids is 1. The van der Waals surface area contributed by atoms with E-state index >= 15 is 0 Å². The molecular weight excluding hydrogens is 310 g/mol. The van der Waals surface area contributed by atoms with Crippen LogP contribution < -0.4 is 5.73 Å². The molecule has 0 bridgehead atoms. The molecule has 0 saturated heterocycles. The fraction of sp³-hybridized carbons (Fsp3) is 0.294. The van der Waals surface area contributed by atoms with Crippen molar-refractivity contribution < 1.29 is 9.90 Å². The summed E-state index contributed by atoms with van der Waals surface area (Å²) in [4.78, 5) is 18.9. The summed E-state index contributed by atoms with van der Waals surface area (Å²) >= 11 is 1.57. The number of thioether (sulfide) groups is 1. The Hall–Kier alpha value is -2.05. The molecule has 23 heavy (non-hydrogen) atoms. The fourth-order valence-corrected chi connectivity index (χ4v) is 3.17. The summed E-state index contributed by atoms with van der Waals surface area (Å²) in [6, 6.07) is 7.37. The lowest BCUT2D eigenvalue weighted by molar-refractivity contribution is -0.144. The van der Waals surface area contributed by atoms with Gasteiger partial charge in [-0.3, -0.25) is 0 Å². The zero-order chi connectivity index (χ0) is 16.9. The highest BCUT2D eigenvalue weighted by Gasteiger charge is 2.38. The summed E-state index contributed by atoms with van der Waals surface area (Å²) in [6.07, 6.45) is 9.45. The van der Waals surface area contributed by atoms with Gasteiger partial charge in [0.1, 0.15) is 5.54 Å². The van der Waals surface area contributed by atoms with Crippen LogP contribution in [0.5, 0.6) is 0 Å². The Labute approximate surface area is 140 Å². The molecule has 0 amide bonds. The summed E-state index contributed by atoms with van der Waals surface area (Å²) in [5.74, 6) is -1.01. The van der Waals surface area contributed by atoms with Crippen molar-refractivity contribution >= 4 is 23.8 Å². The number of benzene rings is 1. The molecule has 0 radical (unpaired) electrons. The molecular formula is C17H21N3O2S. The Kier molecular flexibility index (Phi) is 5.63. The van der Waals surface area contributed by atoms with Gasteiger partial charge in [-0.05, 0) is 36.8 Å². The summed E-state index contributed by atoms with van der Waals surface area (Å²) in [5.41, 5.74) is 7.24. The molecule has 0 aliphatic rings. The summed E-state index contributed by atoms with van der Waals surface area (Å²) < 4.78 is 0. The molecule has 1 heterocycles. The average molecular weight is 331 g/mol. The third-order valence-corrected chi connectivity index (χ3v) is 4.76. The number of hydrogen-bond acceptors (Lipinski definition) is 4. The number of aliphatic carboxylic acids is 1. The molecule has 0 spiro atoms. The highest BCUT2D eigenvalue weighted by atomic mass is 32.2. The van der Waals surface area contributed by atoms with Crippen molar-refractivity contribution in [2.75, 3.05) is 6.26 Å². The van der Waals surface area contributed by atoms with Crippen LogP contribution in [0.4, 0.5) is 0 Å². The Morgan fingerprint density at radius 1 is 1.52 bits per heavy atom. The Bertz CT molecular complexity index is 685. The largest absolute Gasteiger partial charge is 0.480 e. The molecule has 2 rings (SSSR count). The van der Waals surface area contributed by atoms with Gasteiger partial charge in [0, 0.05) is 11.4 Å². The maximum Gasteiger partial charge on any atom is 0.328 e. The van der Waals surface area contributed by atoms with Crippen LogP contribution in [-0.2, 0) is 10.3 Å². The lowest BCUT2D eigenvalue weighted by atomic mass is 9.83. The number of nitrogens with two attached hydrogens (primary N) is 1. The minimum absolute atomic E-state index is 0.0348. The van der Waals surface area contributed by atoms with Crippen molar-refractivity contribution in [2.45, 2.75) is 24.1 Å². The predicted octanol–water partition coefficient (Wildman–Crippen LogP) is 2.79. The lowest BCUT2D eigenvalue weighted by Gasteiger charge is -2.29. The van der Waals surface area contributed by atoms with Crippen LogP contribution in [0, 0.1) is 6.92 Å². The molecule has 0 fully saturated rings. The second-order valence-electron chi connectivity index (χ2n) is 5.42. The Morgan fingerprint density at radius 3 is 2.83 bits per heavy atom. The van der Waals surface area contributed by atoms with E-state index in [9.17, 15) is 9.90 Å². The van der Waals surface area contributed by atoms with Crippen LogP contribution in [-0.4, -0.2) is 32.5 Å². The quantitative estimate of drug-likeness (QED) is 0.725. The minimum Gasteiger partial charge on any atom is -0.480 e. The maximum atomic E-state index is 11.9. The number of aromatic nitrogens is 2. The second kappa shape index (κ2) is 7.48. The van der Waals surface area contributed by atoms with E-state index in [0.29, 0.717) is 12.0 Å². The number of carbonyl (C=O) groups is 1. The smallest absolute Gasteiger partial charge is 0.328 e. The van der Waals surface area contributed by atoms with Crippen LogP contribution in [0.25, 0.3) is 6.08 Å². The Balaban J connectivity index is 2.27. The number of hydrogen-bond donors (Lipinski definition) is 3. The Morgan fingerprint density at radius 2 is 2.26 bits per heavy atom. The molecule has 0 saturated carbocycles. The first-order chi connectivity index (χ1) is 11.0. The molecule has 122 valence electrons. The number of nitrogens with one attached hydrogen (secondary N) is 1. The van der Waals surface area contributed by atoms with E-state index in [1.54, 1.807) is 30.4 Å². The van der Waals surface area contributed by atoms with Crippen molar-refractivity contribution in [2.24, 2.45) is 5.73 Å².